The largest absolute Gasteiger partial charge is 0.396 e. The summed E-state index contributed by atoms with van der Waals surface area (Å²) in [7, 11) is 0. The van der Waals surface area contributed by atoms with E-state index in [0.29, 0.717) is 73.8 Å². The Morgan fingerprint density at radius 3 is 1.60 bits per heavy atom. The molecule has 2 aromatic carbocycles. The Morgan fingerprint density at radius 1 is 0.649 bits per heavy atom. The van der Waals surface area contributed by atoms with Crippen LogP contribution in [0.4, 0.5) is 17.3 Å². The molecule has 0 bridgehead atoms. The van der Waals surface area contributed by atoms with E-state index in [2.05, 4.69) is 74.8 Å². The smallest absolute Gasteiger partial charge is 0.147 e. The maximum absolute atomic E-state index is 10.1. The van der Waals surface area contributed by atoms with Crippen LogP contribution in [0.1, 0.15) is 27.8 Å². The van der Waals surface area contributed by atoms with Crippen LogP contribution in [0.3, 0.4) is 0 Å². The molecule has 6 heterocycles. The van der Waals surface area contributed by atoms with Crippen LogP contribution in [0.25, 0.3) is 33.3 Å². The second-order valence-electron chi connectivity index (χ2n) is 12.4. The lowest BCUT2D eigenvalue weighted by molar-refractivity contribution is 0.924. The summed E-state index contributed by atoms with van der Waals surface area (Å²) in [6.45, 7) is 1.19. The first-order valence-electron chi connectivity index (χ1n) is 17.2. The van der Waals surface area contributed by atoms with Gasteiger partial charge < -0.3 is 22.1 Å². The van der Waals surface area contributed by atoms with Crippen molar-refractivity contribution >= 4 is 83.4 Å². The van der Waals surface area contributed by atoms with Gasteiger partial charge in [-0.3, -0.25) is 9.97 Å². The lowest BCUT2D eigenvalue weighted by Crippen LogP contribution is -2.13. The molecule has 6 N–H and O–H groups in total. The van der Waals surface area contributed by atoms with Crippen molar-refractivity contribution in [2.45, 2.75) is 19.6 Å². The molecule has 0 aliphatic heterocycles. The highest BCUT2D eigenvalue weighted by Crippen LogP contribution is 2.43. The summed E-state index contributed by atoms with van der Waals surface area (Å²) in [6.07, 6.45) is 10.3. The van der Waals surface area contributed by atoms with Gasteiger partial charge in [-0.25, -0.2) is 9.03 Å². The van der Waals surface area contributed by atoms with Crippen molar-refractivity contribution in [3.05, 3.63) is 157 Å². The van der Waals surface area contributed by atoms with E-state index >= 15 is 0 Å². The fourth-order valence-electron chi connectivity index (χ4n) is 6.51. The fraction of sp³-hybridized carbons (Fsp3) is 0.0732. The number of nitrogens with zero attached hydrogens (tertiary/aromatic N) is 8. The van der Waals surface area contributed by atoms with Gasteiger partial charge in [0.05, 0.1) is 32.5 Å². The number of hydrogen-bond donors (Lipinski definition) is 4. The number of hydrogen-bond acceptors (Lipinski definition) is 10. The molecule has 0 aliphatic carbocycles. The van der Waals surface area contributed by atoms with Gasteiger partial charge in [0.2, 0.25) is 0 Å². The van der Waals surface area contributed by atoms with Crippen molar-refractivity contribution in [1.29, 1.82) is 10.5 Å². The minimum atomic E-state index is 0.228. The zero-order valence-corrected chi connectivity index (χ0v) is 34.4. The summed E-state index contributed by atoms with van der Waals surface area (Å²) in [6, 6.07) is 27.0. The molecule has 0 unspecified atom stereocenters. The number of aromatic nitrogens is 6. The molecule has 8 aromatic rings. The summed E-state index contributed by atoms with van der Waals surface area (Å²) < 4.78 is 4.86. The van der Waals surface area contributed by atoms with E-state index in [1.54, 1.807) is 58.3 Å². The van der Waals surface area contributed by atoms with Gasteiger partial charge in [-0.05, 0) is 67.3 Å². The van der Waals surface area contributed by atoms with Crippen LogP contribution in [0.15, 0.2) is 119 Å². The predicted octanol–water partition coefficient (Wildman–Crippen LogP) is 9.63. The molecule has 0 fully saturated rings. The second kappa shape index (κ2) is 17.4. The number of fused-ring (bicyclic) bond motifs is 2. The van der Waals surface area contributed by atoms with Crippen molar-refractivity contribution in [3.8, 4) is 34.4 Å². The lowest BCUT2D eigenvalue weighted by atomic mass is 9.94. The maximum atomic E-state index is 10.1. The molecule has 8 rings (SSSR count). The van der Waals surface area contributed by atoms with Gasteiger partial charge >= 0.3 is 0 Å². The Labute approximate surface area is 354 Å². The zero-order chi connectivity index (χ0) is 40.1. The molecular formula is C41H30Br2Cl2N12. The molecule has 16 heteroatoms. The summed E-state index contributed by atoms with van der Waals surface area (Å²) >= 11 is 20.0. The van der Waals surface area contributed by atoms with Crippen LogP contribution >= 0.6 is 55.1 Å². The van der Waals surface area contributed by atoms with E-state index in [9.17, 15) is 10.5 Å². The van der Waals surface area contributed by atoms with Gasteiger partial charge in [-0.15, -0.1) is 0 Å². The van der Waals surface area contributed by atoms with Gasteiger partial charge in [0, 0.05) is 82.3 Å². The van der Waals surface area contributed by atoms with E-state index in [1.165, 1.54) is 0 Å². The van der Waals surface area contributed by atoms with E-state index < -0.39 is 0 Å². The standard InChI is InChI=1S/C21H16BrClN6.C20H14BrClN6/c22-17-12-28-29-20(17)15(8-24)19(14-5-1-2-6-18(14)23)16(9-25)21(29)27-11-13-4-3-7-26-10-13;21-15-11-27-28-19(15)18(24)17(13-5-1-2-6-16(13)22)14(8-23)20(28)26-10-12-4-3-7-25-9-12/h1-7,10,12,27H,8,11,24H2;1-7,9,11,26H,10,24H2. The van der Waals surface area contributed by atoms with Crippen molar-refractivity contribution < 1.29 is 0 Å². The molecule has 0 amide bonds. The van der Waals surface area contributed by atoms with Gasteiger partial charge in [0.25, 0.3) is 0 Å². The van der Waals surface area contributed by atoms with Crippen LogP contribution in [0, 0.1) is 22.7 Å². The number of pyridine rings is 4. The van der Waals surface area contributed by atoms with Crippen LogP contribution < -0.4 is 22.1 Å². The van der Waals surface area contributed by atoms with Crippen LogP contribution in [0.2, 0.25) is 10.0 Å². The highest BCUT2D eigenvalue weighted by Gasteiger charge is 2.25. The molecular weight excluding hydrogens is 891 g/mol. The molecule has 0 saturated carbocycles. The number of anilines is 3. The second-order valence-corrected chi connectivity index (χ2v) is 14.9. The van der Waals surface area contributed by atoms with E-state index in [0.717, 1.165) is 36.7 Å². The number of rotatable bonds is 9. The Bertz CT molecular complexity index is 2830. The number of nitrogens with one attached hydrogen (secondary N) is 2. The van der Waals surface area contributed by atoms with Crippen molar-refractivity contribution in [1.82, 2.24) is 29.2 Å². The normalized spacial score (nSPS) is 10.8. The van der Waals surface area contributed by atoms with Crippen LogP contribution in [0.5, 0.6) is 0 Å². The topological polar surface area (TPSA) is 184 Å². The van der Waals surface area contributed by atoms with Gasteiger partial charge in [0.1, 0.15) is 40.4 Å². The van der Waals surface area contributed by atoms with Crippen molar-refractivity contribution in [2.75, 3.05) is 16.4 Å². The van der Waals surface area contributed by atoms with Gasteiger partial charge in [-0.1, -0.05) is 71.7 Å². The minimum Gasteiger partial charge on any atom is -0.396 e. The number of halogens is 4. The van der Waals surface area contributed by atoms with Crippen molar-refractivity contribution in [2.24, 2.45) is 5.73 Å². The first-order chi connectivity index (χ1) is 27.8. The number of nitrogens with two attached hydrogens (primary N) is 2. The van der Waals surface area contributed by atoms with Gasteiger partial charge in [-0.2, -0.15) is 20.7 Å². The summed E-state index contributed by atoms with van der Waals surface area (Å²) in [5, 5.41) is 36.7. The quantitative estimate of drug-likeness (QED) is 0.109. The van der Waals surface area contributed by atoms with Crippen LogP contribution in [-0.2, 0) is 19.6 Å². The minimum absolute atomic E-state index is 0.228. The summed E-state index contributed by atoms with van der Waals surface area (Å²) in [5.74, 6) is 1.11. The third-order valence-corrected chi connectivity index (χ3v) is 10.9. The molecule has 6 aromatic heterocycles. The summed E-state index contributed by atoms with van der Waals surface area (Å²) in [5.41, 5.74) is 20.8. The fourth-order valence-corrected chi connectivity index (χ4v) is 7.94. The highest BCUT2D eigenvalue weighted by molar-refractivity contribution is 9.11. The molecule has 0 saturated heterocycles. The molecule has 0 atom stereocenters. The molecule has 282 valence electrons. The van der Waals surface area contributed by atoms with Gasteiger partial charge in [0.15, 0.2) is 0 Å². The first kappa shape index (κ1) is 39.2. The number of nitriles is 2. The van der Waals surface area contributed by atoms with E-state index in [1.807, 2.05) is 60.7 Å². The lowest BCUT2D eigenvalue weighted by Gasteiger charge is -2.19. The van der Waals surface area contributed by atoms with Crippen LogP contribution in [-0.4, -0.2) is 29.2 Å². The zero-order valence-electron chi connectivity index (χ0n) is 29.8. The Balaban J connectivity index is 0.000000174. The van der Waals surface area contributed by atoms with Crippen molar-refractivity contribution in [3.63, 3.8) is 0 Å². The third-order valence-electron chi connectivity index (χ3n) is 9.04. The average Bonchev–Trinajstić information content (AvgIpc) is 3.82. The molecule has 0 aliphatic rings. The van der Waals surface area contributed by atoms with E-state index in [4.69, 9.17) is 34.7 Å². The van der Waals surface area contributed by atoms with E-state index in [-0.39, 0.29) is 6.54 Å². The summed E-state index contributed by atoms with van der Waals surface area (Å²) in [4.78, 5) is 8.27. The molecule has 57 heavy (non-hydrogen) atoms. The number of nitrogen functional groups attached to an aromatic ring is 1. The number of benzene rings is 2. The third kappa shape index (κ3) is 7.74. The SMILES string of the molecule is N#Cc1c(-c2ccccc2Cl)c(CN)c2c(Br)cnn2c1NCc1cccnc1.N#Cc1c(-c2ccccc2Cl)c(N)c2c(Br)cnn2c1NCc1cccnc1. The molecule has 0 spiro atoms. The first-order valence-corrected chi connectivity index (χ1v) is 19.6. The Kier molecular flexibility index (Phi) is 12.0. The highest BCUT2D eigenvalue weighted by atomic mass is 79.9. The Hall–Kier alpha value is -6.00. The monoisotopic (exact) mass is 918 g/mol. The maximum Gasteiger partial charge on any atom is 0.147 e. The Morgan fingerprint density at radius 2 is 1.12 bits per heavy atom. The average molecular weight is 921 g/mol. The molecule has 12 nitrogen and oxygen atoms in total. The molecule has 0 radical (unpaired) electrons. The predicted molar refractivity (Wildman–Crippen MR) is 232 cm³/mol.